The van der Waals surface area contributed by atoms with Gasteiger partial charge < -0.3 is 0 Å². The topological polar surface area (TPSA) is 0 Å². The van der Waals surface area contributed by atoms with E-state index in [1.807, 2.05) is 0 Å². The first-order chi connectivity index (χ1) is 23.8. The largest absolute Gasteiger partial charge is 0.0533 e. The second-order valence-corrected chi connectivity index (χ2v) is 62.2. The molecule has 0 spiro atoms. The Labute approximate surface area is 319 Å². The van der Waals surface area contributed by atoms with Crippen molar-refractivity contribution < 1.29 is 15.6 Å². The molecule has 0 N–H and O–H groups in total. The summed E-state index contributed by atoms with van der Waals surface area (Å²) in [5, 5.41) is 0. The molecule has 51 heavy (non-hydrogen) atoms. The predicted octanol–water partition coefficient (Wildman–Crippen LogP) is 13.9. The molecule has 0 amide bonds. The van der Waals surface area contributed by atoms with Gasteiger partial charge in [-0.15, -0.1) is 0 Å². The van der Waals surface area contributed by atoms with E-state index in [0.717, 1.165) is 13.3 Å². The van der Waals surface area contributed by atoms with Gasteiger partial charge in [-0.1, -0.05) is 39.0 Å². The van der Waals surface area contributed by atoms with Crippen molar-refractivity contribution in [1.82, 2.24) is 0 Å². The molecule has 1 fully saturated rings. The van der Waals surface area contributed by atoms with Crippen LogP contribution in [0.4, 0.5) is 0 Å². The van der Waals surface area contributed by atoms with Crippen LogP contribution in [0.3, 0.4) is 0 Å². The minimum Gasteiger partial charge on any atom is -0.0533 e. The molecule has 0 nitrogen and oxygen atoms in total. The van der Waals surface area contributed by atoms with Gasteiger partial charge in [0.1, 0.15) is 0 Å². The van der Waals surface area contributed by atoms with Crippen LogP contribution in [0.5, 0.6) is 0 Å². The second kappa shape index (κ2) is 14.4. The fourth-order valence-corrected chi connectivity index (χ4v) is 36.2. The molecule has 4 aromatic carbocycles. The van der Waals surface area contributed by atoms with Crippen molar-refractivity contribution in [2.24, 2.45) is 5.92 Å². The van der Waals surface area contributed by atoms with Crippen LogP contribution in [0.2, 0.25) is 0 Å². The monoisotopic (exact) mass is 810 g/mol. The standard InChI is InChI=1S/2C20H21.C7H13.2ClH.H3Si.Zr/c2*1-14-12-16-6-5-7-18(19(16)13-14)15-8-10-17(11-9-15)20(2,3)4;1-7-5-3-2-4-6-7;;;;/h2*5-13H,1-4H3;7H,1-6H2;2*1H;1H3;/q;;;;;;+2/p-2. The molecule has 0 heterocycles. The zero-order valence-electron chi connectivity index (χ0n) is 32.5. The van der Waals surface area contributed by atoms with Crippen molar-refractivity contribution in [2.75, 3.05) is 0 Å². The Hall–Kier alpha value is -1.96. The van der Waals surface area contributed by atoms with Gasteiger partial charge in [-0.25, -0.2) is 0 Å². The number of allylic oxidation sites excluding steroid dienone is 2. The van der Waals surface area contributed by atoms with Crippen molar-refractivity contribution in [1.29, 1.82) is 0 Å². The molecule has 7 rings (SSSR count). The molecule has 3 aliphatic rings. The van der Waals surface area contributed by atoms with E-state index < -0.39 is 15.6 Å². The van der Waals surface area contributed by atoms with Gasteiger partial charge >= 0.3 is 277 Å². The second-order valence-electron chi connectivity index (χ2n) is 18.0. The summed E-state index contributed by atoms with van der Waals surface area (Å²) in [6.07, 6.45) is 11.8. The van der Waals surface area contributed by atoms with Gasteiger partial charge in [-0.05, 0) is 5.92 Å². The van der Waals surface area contributed by atoms with Gasteiger partial charge in [-0.3, -0.25) is 0 Å². The van der Waals surface area contributed by atoms with Gasteiger partial charge in [0.2, 0.25) is 0 Å². The Kier molecular flexibility index (Phi) is 10.9. The maximum Gasteiger partial charge on any atom is -0.0414 e. The smallest absolute Gasteiger partial charge is 0.0414 e. The molecule has 0 aromatic heterocycles. The fourth-order valence-electron chi connectivity index (χ4n) is 9.05. The molecule has 1 radical (unpaired) electrons. The van der Waals surface area contributed by atoms with E-state index in [9.17, 15) is 0 Å². The Balaban J connectivity index is 0.000000573. The maximum atomic E-state index is 8.14. The van der Waals surface area contributed by atoms with Crippen LogP contribution in [0.1, 0.15) is 128 Å². The van der Waals surface area contributed by atoms with Gasteiger partial charge in [0, 0.05) is 0 Å². The average Bonchev–Trinajstić information content (AvgIpc) is 3.61. The van der Waals surface area contributed by atoms with E-state index >= 15 is 0 Å². The third kappa shape index (κ3) is 7.83. The number of hydrogen-bond donors (Lipinski definition) is 0. The van der Waals surface area contributed by atoms with Crippen LogP contribution in [0, 0.1) is 12.8 Å². The third-order valence-corrected chi connectivity index (χ3v) is 34.1. The first-order valence-electron chi connectivity index (χ1n) is 19.1. The molecule has 0 bridgehead atoms. The van der Waals surface area contributed by atoms with E-state index in [4.69, 9.17) is 17.0 Å². The average molecular weight is 813 g/mol. The quantitative estimate of drug-likeness (QED) is 0.180. The summed E-state index contributed by atoms with van der Waals surface area (Å²) < 4.78 is 0.202. The van der Waals surface area contributed by atoms with Gasteiger partial charge in [0.25, 0.3) is 0 Å². The summed E-state index contributed by atoms with van der Waals surface area (Å²) in [4.78, 5) is 0. The summed E-state index contributed by atoms with van der Waals surface area (Å²) in [6.45, 7) is 22.1. The van der Waals surface area contributed by atoms with Crippen LogP contribution >= 0.6 is 17.0 Å². The Morgan fingerprint density at radius 1 is 0.588 bits per heavy atom. The molecule has 2 atom stereocenters. The molecule has 4 heteroatoms. The van der Waals surface area contributed by atoms with E-state index in [1.165, 1.54) is 98.9 Å². The number of hydrogen-bond acceptors (Lipinski definition) is 0. The van der Waals surface area contributed by atoms with E-state index in [0.29, 0.717) is 0 Å². The minimum atomic E-state index is -4.52. The van der Waals surface area contributed by atoms with E-state index in [-0.39, 0.29) is 18.1 Å². The fraction of sp³-hybridized carbons (Fsp3) is 0.383. The molecule has 1 saturated carbocycles. The molecule has 0 saturated heterocycles. The van der Waals surface area contributed by atoms with Gasteiger partial charge in [0.05, 0.1) is 0 Å². The van der Waals surface area contributed by atoms with Crippen molar-refractivity contribution in [2.45, 2.75) is 106 Å². The van der Waals surface area contributed by atoms with Crippen LogP contribution in [-0.4, -0.2) is 7.37 Å². The number of fused-ring (bicyclic) bond motifs is 2. The summed E-state index contributed by atoms with van der Waals surface area (Å²) >= 11 is -4.52. The normalized spacial score (nSPS) is 20.0. The molecular formula is C47H58Cl2SiZr. The Morgan fingerprint density at radius 3 is 1.27 bits per heavy atom. The first-order valence-corrected chi connectivity index (χ1v) is 36.7. The van der Waals surface area contributed by atoms with Gasteiger partial charge in [-0.2, -0.15) is 0 Å². The number of rotatable bonds is 4. The molecule has 2 unspecified atom stereocenters. The molecule has 268 valence electrons. The van der Waals surface area contributed by atoms with E-state index in [2.05, 4.69) is 159 Å². The Morgan fingerprint density at radius 2 is 0.961 bits per heavy atom. The molecule has 4 aromatic rings. The number of benzene rings is 4. The summed E-state index contributed by atoms with van der Waals surface area (Å²) in [5.74, 6) is 0.786. The van der Waals surface area contributed by atoms with E-state index in [1.54, 1.807) is 0 Å². The minimum absolute atomic E-state index is 0.101. The van der Waals surface area contributed by atoms with Crippen molar-refractivity contribution in [3.05, 3.63) is 136 Å². The first kappa shape index (κ1) is 38.8. The predicted molar refractivity (Wildman–Crippen MR) is 228 cm³/mol. The van der Waals surface area contributed by atoms with Crippen LogP contribution in [0.25, 0.3) is 34.4 Å². The molecule has 0 aliphatic heterocycles. The van der Waals surface area contributed by atoms with Gasteiger partial charge in [0.15, 0.2) is 0 Å². The number of halogens is 2. The molecular weight excluding hydrogens is 755 g/mol. The summed E-state index contributed by atoms with van der Waals surface area (Å²) in [5.41, 5.74) is 15.8. The van der Waals surface area contributed by atoms with Crippen LogP contribution < -0.4 is 0 Å². The maximum absolute atomic E-state index is 8.14. The summed E-state index contributed by atoms with van der Waals surface area (Å²) in [6, 6.07) is 31.7. The summed E-state index contributed by atoms with van der Waals surface area (Å²) in [7, 11) is 17.1. The zero-order valence-corrected chi connectivity index (χ0v) is 38.4. The van der Waals surface area contributed by atoms with Crippen LogP contribution in [0.15, 0.2) is 96.1 Å². The third-order valence-electron chi connectivity index (χ3n) is 11.8. The molecule has 3 aliphatic carbocycles. The van der Waals surface area contributed by atoms with Crippen molar-refractivity contribution in [3.63, 3.8) is 0 Å². The SMILES string of the molecule is CC1=Cc2c(-c3ccc(C(C)(C)C)cc3)cccc2[CH]1[Zr]([SiH3])([Cl])([Cl])[CH]1C(C)=Cc2c(-c3ccc(C(C)(C)C)cc3)cccc21.[CH2]C1CCCCC1. The van der Waals surface area contributed by atoms with Crippen molar-refractivity contribution >= 4 is 36.5 Å². The van der Waals surface area contributed by atoms with Crippen molar-refractivity contribution in [3.8, 4) is 22.3 Å². The Bertz CT molecular complexity index is 1820. The van der Waals surface area contributed by atoms with Crippen LogP contribution in [-0.2, 0) is 26.4 Å². The zero-order chi connectivity index (χ0) is 37.0.